The zero-order valence-electron chi connectivity index (χ0n) is 46.0. The Bertz CT molecular complexity index is 3080. The minimum absolute atomic E-state index is 0.0216. The molecule has 7 amide bonds. The van der Waals surface area contributed by atoms with E-state index in [1.54, 1.807) is 68.2 Å². The average molecular weight is 1120 g/mol. The monoisotopic (exact) mass is 1120 g/mol. The van der Waals surface area contributed by atoms with Crippen molar-refractivity contribution >= 4 is 58.9 Å². The fraction of sp³-hybridized carbons (Fsp3) is 0.491. The highest BCUT2D eigenvalue weighted by molar-refractivity contribution is 6.13. The molecule has 6 heterocycles. The number of benzene rings is 2. The van der Waals surface area contributed by atoms with E-state index >= 15 is 0 Å². The first-order chi connectivity index (χ1) is 38.6. The highest BCUT2D eigenvalue weighted by atomic mass is 19.4. The van der Waals surface area contributed by atoms with Crippen molar-refractivity contribution in [1.29, 1.82) is 5.26 Å². The van der Waals surface area contributed by atoms with E-state index in [2.05, 4.69) is 38.0 Å². The zero-order valence-corrected chi connectivity index (χ0v) is 46.0. The number of nitrogens with zero attached hydrogens (tertiary/aromatic N) is 9. The first kappa shape index (κ1) is 59.1. The number of fused-ring (bicyclic) bond motifs is 1. The maximum Gasteiger partial charge on any atom is 0.416 e. The normalized spacial score (nSPS) is 17.6. The molecule has 4 aliphatic heterocycles. The van der Waals surface area contributed by atoms with E-state index in [-0.39, 0.29) is 98.7 Å². The van der Waals surface area contributed by atoms with Gasteiger partial charge in [-0.1, -0.05) is 39.3 Å². The Balaban J connectivity index is 0.938. The number of carbonyl (C=O) groups is 7. The molecule has 0 spiro atoms. The molecule has 430 valence electrons. The molecular weight excluding hydrogens is 1050 g/mol. The summed E-state index contributed by atoms with van der Waals surface area (Å²) >= 11 is 0. The zero-order chi connectivity index (χ0) is 58.2. The molecule has 0 saturated carbocycles. The summed E-state index contributed by atoms with van der Waals surface area (Å²) in [6.45, 7) is 8.52. The number of rotatable bonds is 23. The van der Waals surface area contributed by atoms with Crippen molar-refractivity contribution < 1.29 is 56.2 Å². The van der Waals surface area contributed by atoms with Gasteiger partial charge in [-0.25, -0.2) is 9.78 Å². The predicted molar refractivity (Wildman–Crippen MR) is 289 cm³/mol. The summed E-state index contributed by atoms with van der Waals surface area (Å²) < 4.78 is 58.1. The molecule has 4 aromatic rings. The van der Waals surface area contributed by atoms with Gasteiger partial charge in [-0.3, -0.25) is 48.4 Å². The number of pyridine rings is 1. The minimum atomic E-state index is -4.77. The fourth-order valence-electron chi connectivity index (χ4n) is 10.4. The number of ether oxygens (including phenoxy) is 2. The van der Waals surface area contributed by atoms with Crippen molar-refractivity contribution in [3.8, 4) is 6.07 Å². The van der Waals surface area contributed by atoms with Crippen molar-refractivity contribution in [2.45, 2.75) is 122 Å². The molecule has 2 fully saturated rings. The average Bonchev–Trinajstić information content (AvgIpc) is 3.49. The highest BCUT2D eigenvalue weighted by Gasteiger charge is 2.45. The number of carbonyl (C=O) groups excluding carboxylic acids is 7. The lowest BCUT2D eigenvalue weighted by atomic mass is 9.75. The first-order valence-corrected chi connectivity index (χ1v) is 27.2. The molecular formula is C57H67F3N12O9. The molecule has 3 N–H and O–H groups in total. The lowest BCUT2D eigenvalue weighted by Crippen LogP contribution is -2.53. The molecule has 2 aromatic carbocycles. The lowest BCUT2D eigenvalue weighted by Gasteiger charge is -2.42. The standard InChI is InChI=1S/C57H67F3N12O9/c1-35(2)51(66-48(73)12-7-6-8-21-71-49(74)17-18-50(71)75)53(77)63-37(4)52(76)64-41-15-13-38(14-16-41)31-81-55(79)70(22-10-19-61)45-25-40(56(32-80-33-56)27-47-67-62-34-68(47)5)26-46(65-45)72-30-43-42(54(72)78)23-39(24-44(43)57(58,59)60)29-69-20-9-11-36(3)28-69/h13-18,23-26,34-37,51H,6-12,20-22,27-33H2,1-5H3,(H,63,77)(H,64,76)(H,66,73)/t36-,37?,51?/m0/s1. The number of nitrogens with one attached hydrogen (secondary N) is 3. The summed E-state index contributed by atoms with van der Waals surface area (Å²) in [4.78, 5) is 102. The maximum atomic E-state index is 14.9. The first-order valence-electron chi connectivity index (χ1n) is 27.2. The molecule has 0 bridgehead atoms. The second-order valence-electron chi connectivity index (χ2n) is 21.7. The maximum absolute atomic E-state index is 14.9. The second kappa shape index (κ2) is 25.6. The van der Waals surface area contributed by atoms with Crippen LogP contribution >= 0.6 is 0 Å². The third-order valence-electron chi connectivity index (χ3n) is 15.0. The van der Waals surface area contributed by atoms with Gasteiger partial charge in [0.25, 0.3) is 17.7 Å². The summed E-state index contributed by atoms with van der Waals surface area (Å²) in [6, 6.07) is 12.4. The molecule has 81 heavy (non-hydrogen) atoms. The van der Waals surface area contributed by atoms with Crippen molar-refractivity contribution in [2.24, 2.45) is 18.9 Å². The van der Waals surface area contributed by atoms with E-state index in [1.165, 1.54) is 30.0 Å². The van der Waals surface area contributed by atoms with Gasteiger partial charge in [0.05, 0.1) is 37.8 Å². The van der Waals surface area contributed by atoms with Gasteiger partial charge in [-0.2, -0.15) is 18.4 Å². The van der Waals surface area contributed by atoms with Gasteiger partial charge in [-0.15, -0.1) is 10.2 Å². The number of piperidine rings is 1. The number of imide groups is 1. The summed E-state index contributed by atoms with van der Waals surface area (Å²) in [5.74, 6) is -2.26. The number of anilines is 3. The van der Waals surface area contributed by atoms with Crippen LogP contribution in [0.2, 0.25) is 0 Å². The van der Waals surface area contributed by atoms with E-state index in [0.717, 1.165) is 41.8 Å². The number of hydrogen-bond donors (Lipinski definition) is 3. The molecule has 24 heteroatoms. The van der Waals surface area contributed by atoms with Crippen molar-refractivity contribution in [1.82, 2.24) is 40.2 Å². The van der Waals surface area contributed by atoms with Crippen molar-refractivity contribution in [3.63, 3.8) is 0 Å². The van der Waals surface area contributed by atoms with Gasteiger partial charge in [0.15, 0.2) is 0 Å². The Morgan fingerprint density at radius 1 is 0.963 bits per heavy atom. The molecule has 2 unspecified atom stereocenters. The van der Waals surface area contributed by atoms with Gasteiger partial charge < -0.3 is 30.0 Å². The van der Waals surface area contributed by atoms with Crippen LogP contribution in [-0.4, -0.2) is 123 Å². The van der Waals surface area contributed by atoms with Gasteiger partial charge in [0.1, 0.15) is 42.5 Å². The van der Waals surface area contributed by atoms with Crippen LogP contribution in [0.3, 0.4) is 0 Å². The third kappa shape index (κ3) is 14.3. The Morgan fingerprint density at radius 3 is 2.35 bits per heavy atom. The van der Waals surface area contributed by atoms with Gasteiger partial charge in [0, 0.05) is 74.9 Å². The number of unbranched alkanes of at least 4 members (excludes halogenated alkanes) is 2. The van der Waals surface area contributed by atoms with Crippen LogP contribution < -0.4 is 25.8 Å². The van der Waals surface area contributed by atoms with E-state index in [1.807, 2.05) is 6.07 Å². The molecule has 21 nitrogen and oxygen atoms in total. The number of aryl methyl sites for hydroxylation is 1. The molecule has 0 radical (unpaired) electrons. The fourth-order valence-corrected chi connectivity index (χ4v) is 10.4. The van der Waals surface area contributed by atoms with Gasteiger partial charge in [-0.05, 0) is 110 Å². The Morgan fingerprint density at radius 2 is 1.70 bits per heavy atom. The SMILES string of the molecule is CC(NC(=O)C(NC(=O)CCCCCN1C(=O)C=CC1=O)C(C)C)C(=O)Nc1ccc(COC(=O)N(CCC#N)c2cc(C3(Cc4nncn4C)COC3)cc(N3Cc4c(cc(CN5CCC[C@H](C)C5)cc4C(F)(F)F)C3=O)n2)cc1. The van der Waals surface area contributed by atoms with Gasteiger partial charge >= 0.3 is 12.3 Å². The Hall–Kier alpha value is -8.04. The van der Waals surface area contributed by atoms with Gasteiger partial charge in [0.2, 0.25) is 17.7 Å². The number of halogens is 3. The molecule has 2 saturated heterocycles. The van der Waals surface area contributed by atoms with E-state index in [4.69, 9.17) is 14.5 Å². The summed E-state index contributed by atoms with van der Waals surface area (Å²) in [7, 11) is 1.78. The molecule has 8 rings (SSSR count). The Kier molecular flexibility index (Phi) is 18.7. The van der Waals surface area contributed by atoms with Crippen LogP contribution in [0.15, 0.2) is 67.0 Å². The number of likely N-dealkylation sites (tertiary alicyclic amines) is 1. The van der Waals surface area contributed by atoms with Crippen molar-refractivity contribution in [2.75, 3.05) is 54.5 Å². The predicted octanol–water partition coefficient (Wildman–Crippen LogP) is 6.26. The van der Waals surface area contributed by atoms with Crippen LogP contribution in [-0.2, 0) is 78.2 Å². The number of hydrogen-bond acceptors (Lipinski definition) is 14. The summed E-state index contributed by atoms with van der Waals surface area (Å²) in [5.41, 5.74) is -0.183. The molecule has 3 atom stereocenters. The minimum Gasteiger partial charge on any atom is -0.444 e. The van der Waals surface area contributed by atoms with Crippen LogP contribution in [0, 0.1) is 23.2 Å². The van der Waals surface area contributed by atoms with Crippen LogP contribution in [0.1, 0.15) is 117 Å². The quantitative estimate of drug-likeness (QED) is 0.0548. The largest absolute Gasteiger partial charge is 0.444 e. The van der Waals surface area contributed by atoms with E-state index in [0.29, 0.717) is 59.8 Å². The van der Waals surface area contributed by atoms with Crippen LogP contribution in [0.4, 0.5) is 35.3 Å². The molecule has 2 aromatic heterocycles. The summed E-state index contributed by atoms with van der Waals surface area (Å²) in [6.07, 6.45) is 2.08. The lowest BCUT2D eigenvalue weighted by molar-refractivity contribution is -0.138. The molecule has 4 aliphatic rings. The summed E-state index contributed by atoms with van der Waals surface area (Å²) in [5, 5.41) is 26.2. The number of aromatic nitrogens is 4. The van der Waals surface area contributed by atoms with Crippen molar-refractivity contribution in [3.05, 3.63) is 106 Å². The third-order valence-corrected chi connectivity index (χ3v) is 15.0. The highest BCUT2D eigenvalue weighted by Crippen LogP contribution is 2.43. The van der Waals surface area contributed by atoms with E-state index < -0.39 is 59.6 Å². The number of alkyl halides is 3. The topological polar surface area (TPSA) is 254 Å². The number of nitriles is 1. The molecule has 0 aliphatic carbocycles. The number of amides is 7. The smallest absolute Gasteiger partial charge is 0.416 e. The van der Waals surface area contributed by atoms with Crippen LogP contribution in [0.5, 0.6) is 0 Å². The Labute approximate surface area is 467 Å². The second-order valence-corrected chi connectivity index (χ2v) is 21.7. The van der Waals surface area contributed by atoms with Crippen LogP contribution in [0.25, 0.3) is 0 Å². The van der Waals surface area contributed by atoms with E-state index in [9.17, 15) is 52.0 Å².